The minimum absolute atomic E-state index is 0.0538. The van der Waals surface area contributed by atoms with Gasteiger partial charge >= 0.3 is 5.97 Å². The Kier molecular flexibility index (Phi) is 11.5. The van der Waals surface area contributed by atoms with Gasteiger partial charge in [0.15, 0.2) is 12.6 Å². The third-order valence-corrected chi connectivity index (χ3v) is 12.8. The quantitative estimate of drug-likeness (QED) is 0.332. The first-order valence-corrected chi connectivity index (χ1v) is 18.6. The van der Waals surface area contributed by atoms with Crippen molar-refractivity contribution in [1.29, 1.82) is 0 Å². The van der Waals surface area contributed by atoms with Crippen LogP contribution < -0.4 is 0 Å². The average molecular weight is 716 g/mol. The number of hydrogen-bond acceptors (Lipinski definition) is 13. The summed E-state index contributed by atoms with van der Waals surface area (Å²) in [5.74, 6) is -1.97. The van der Waals surface area contributed by atoms with Crippen molar-refractivity contribution in [2.75, 3.05) is 21.2 Å². The van der Waals surface area contributed by atoms with Gasteiger partial charge in [0.25, 0.3) is 0 Å². The van der Waals surface area contributed by atoms with E-state index in [9.17, 15) is 20.1 Å². The zero-order chi connectivity index (χ0) is 37.3. The number of carbonyl (C=O) groups is 1. The molecule has 6 fully saturated rings. The molecule has 0 aromatic heterocycles. The number of methoxy groups -OCH3 is 1. The predicted molar refractivity (Wildman–Crippen MR) is 182 cm³/mol. The Hall–Kier alpha value is -0.970. The molecule has 13 nitrogen and oxygen atoms in total. The number of likely N-dealkylation sites (N-methyl/N-ethyl adjacent to an activating group) is 1. The second-order valence-electron chi connectivity index (χ2n) is 17.1. The maximum Gasteiger partial charge on any atom is 0.311 e. The van der Waals surface area contributed by atoms with Crippen LogP contribution in [-0.2, 0) is 42.7 Å². The summed E-state index contributed by atoms with van der Waals surface area (Å²) in [7, 11) is 5.39. The van der Waals surface area contributed by atoms with Gasteiger partial charge in [0.05, 0.1) is 47.6 Å². The van der Waals surface area contributed by atoms with Crippen molar-refractivity contribution in [1.82, 2.24) is 4.90 Å². The van der Waals surface area contributed by atoms with Crippen molar-refractivity contribution in [3.05, 3.63) is 0 Å². The standard InChI is InChI=1S/C37H65NO12/c1-14-24-36(9)33(42)37(10,50-36)29-18(2)16-35(8,49-29)30(48-32-26(39)23(38(11)12)15-19(3)44-32)20(4)27(21(5)31(41)46-24)47-25-17-34(7,43-13)28(40)22(6)45-25/h18-30,32-33,39-40,42H,14-17H2,1-13H3/t18-,19+,20-,21+,22-,23-,24-,25+,26-,27+,28+,29+,30-,32-,33+,34-,35+,36+,37+/m0/s1. The molecule has 13 heteroatoms. The van der Waals surface area contributed by atoms with Gasteiger partial charge in [0.1, 0.15) is 35.6 Å². The highest BCUT2D eigenvalue weighted by molar-refractivity contribution is 5.73. The monoisotopic (exact) mass is 715 g/mol. The maximum atomic E-state index is 14.2. The van der Waals surface area contributed by atoms with Crippen LogP contribution in [0.4, 0.5) is 0 Å². The van der Waals surface area contributed by atoms with Gasteiger partial charge in [-0.1, -0.05) is 20.8 Å². The van der Waals surface area contributed by atoms with E-state index >= 15 is 0 Å². The number of nitrogens with zero attached hydrogens (tertiary/aromatic N) is 1. The van der Waals surface area contributed by atoms with Gasteiger partial charge < -0.3 is 58.1 Å². The largest absolute Gasteiger partial charge is 0.459 e. The van der Waals surface area contributed by atoms with E-state index in [1.54, 1.807) is 27.9 Å². The molecule has 0 saturated carbocycles. The fourth-order valence-electron chi connectivity index (χ4n) is 9.87. The molecule has 290 valence electrons. The highest BCUT2D eigenvalue weighted by Gasteiger charge is 2.70. The molecule has 0 amide bonds. The lowest BCUT2D eigenvalue weighted by atomic mass is 9.69. The molecule has 0 spiro atoms. The topological polar surface area (TPSA) is 155 Å². The van der Waals surface area contributed by atoms with Crippen molar-refractivity contribution in [3.8, 4) is 0 Å². The van der Waals surface area contributed by atoms with Gasteiger partial charge in [-0.25, -0.2) is 0 Å². The van der Waals surface area contributed by atoms with E-state index in [1.165, 1.54) is 0 Å². The van der Waals surface area contributed by atoms with Crippen LogP contribution in [0.2, 0.25) is 0 Å². The number of carbonyl (C=O) groups excluding carboxylic acids is 1. The summed E-state index contributed by atoms with van der Waals surface area (Å²) >= 11 is 0. The van der Waals surface area contributed by atoms with E-state index in [2.05, 4.69) is 6.92 Å². The molecule has 6 aliphatic heterocycles. The molecular weight excluding hydrogens is 650 g/mol. The zero-order valence-corrected chi connectivity index (χ0v) is 32.5. The van der Waals surface area contributed by atoms with Gasteiger partial charge in [-0.15, -0.1) is 0 Å². The molecule has 0 aromatic rings. The van der Waals surface area contributed by atoms with Crippen molar-refractivity contribution < 1.29 is 58.0 Å². The molecule has 6 aliphatic rings. The normalized spacial score (nSPS) is 54.7. The summed E-state index contributed by atoms with van der Waals surface area (Å²) in [5, 5.41) is 34.4. The van der Waals surface area contributed by atoms with Gasteiger partial charge in [0, 0.05) is 25.5 Å². The highest BCUT2D eigenvalue weighted by Crippen LogP contribution is 2.55. The van der Waals surface area contributed by atoms with Crippen LogP contribution in [0.1, 0.15) is 94.9 Å². The number of fused-ring (bicyclic) bond motifs is 6. The summed E-state index contributed by atoms with van der Waals surface area (Å²) in [6, 6.07) is -0.213. The van der Waals surface area contributed by atoms with Gasteiger partial charge in [-0.2, -0.15) is 0 Å². The predicted octanol–water partition coefficient (Wildman–Crippen LogP) is 2.78. The number of aliphatic hydroxyl groups excluding tert-OH is 3. The summed E-state index contributed by atoms with van der Waals surface area (Å²) in [6.45, 7) is 18.8. The van der Waals surface area contributed by atoms with Crippen LogP contribution in [0.25, 0.3) is 0 Å². The van der Waals surface area contributed by atoms with Crippen molar-refractivity contribution in [2.45, 2.75) is 191 Å². The lowest BCUT2D eigenvalue weighted by Gasteiger charge is -2.61. The van der Waals surface area contributed by atoms with Gasteiger partial charge in [-0.05, 0) is 87.7 Å². The molecule has 6 rings (SSSR count). The Morgan fingerprint density at radius 3 is 2.18 bits per heavy atom. The second kappa shape index (κ2) is 14.4. The van der Waals surface area contributed by atoms with E-state index in [-0.39, 0.29) is 24.5 Å². The van der Waals surface area contributed by atoms with Crippen LogP contribution >= 0.6 is 0 Å². The molecule has 6 heterocycles. The summed E-state index contributed by atoms with van der Waals surface area (Å²) in [4.78, 5) is 16.2. The van der Waals surface area contributed by atoms with E-state index in [4.69, 9.17) is 37.9 Å². The molecular formula is C37H65NO12. The van der Waals surface area contributed by atoms with Crippen molar-refractivity contribution in [2.24, 2.45) is 17.8 Å². The molecule has 19 atom stereocenters. The zero-order valence-electron chi connectivity index (χ0n) is 32.5. The molecule has 0 aliphatic carbocycles. The van der Waals surface area contributed by atoms with E-state index in [0.29, 0.717) is 19.3 Å². The van der Waals surface area contributed by atoms with Gasteiger partial charge in [-0.3, -0.25) is 4.79 Å². The van der Waals surface area contributed by atoms with Crippen LogP contribution in [0.3, 0.4) is 0 Å². The molecule has 0 aromatic carbocycles. The Balaban J connectivity index is 1.59. The van der Waals surface area contributed by atoms with Crippen LogP contribution in [0.5, 0.6) is 0 Å². The molecule has 3 N–H and O–H groups in total. The number of hydrogen-bond donors (Lipinski definition) is 3. The Bertz CT molecular complexity index is 1210. The minimum Gasteiger partial charge on any atom is -0.459 e. The first-order chi connectivity index (χ1) is 23.2. The first kappa shape index (κ1) is 40.2. The molecule has 50 heavy (non-hydrogen) atoms. The van der Waals surface area contributed by atoms with E-state index in [0.717, 1.165) is 0 Å². The summed E-state index contributed by atoms with van der Waals surface area (Å²) in [6.07, 6.45) is -6.57. The summed E-state index contributed by atoms with van der Waals surface area (Å²) in [5.41, 5.74) is -4.16. The molecule has 4 bridgehead atoms. The smallest absolute Gasteiger partial charge is 0.311 e. The van der Waals surface area contributed by atoms with Crippen molar-refractivity contribution in [3.63, 3.8) is 0 Å². The SMILES string of the molecule is CC[C@@H]1OC(=O)[C@H](C)[C@H](O[C@@H]2C[C@](C)(OC)[C@H](O)[C@H](C)O2)[C@H](C)[C@H](O[C@@H]2O[C@H](C)C[C@H](N(C)C)[C@@H]2O)[C@@]2(C)C[C@H](C)[C@@H](O2)[C@@]2(C)O[C@@]1(C)[C@H]2O. The number of aliphatic hydroxyl groups is 3. The fourth-order valence-corrected chi connectivity index (χ4v) is 9.87. The lowest BCUT2D eigenvalue weighted by Crippen LogP contribution is -2.78. The Morgan fingerprint density at radius 2 is 1.60 bits per heavy atom. The van der Waals surface area contributed by atoms with Crippen LogP contribution in [0, 0.1) is 17.8 Å². The molecule has 6 saturated heterocycles. The molecule has 0 unspecified atom stereocenters. The first-order valence-electron chi connectivity index (χ1n) is 18.6. The fraction of sp³-hybridized carbons (Fsp3) is 0.973. The Labute approximate surface area is 298 Å². The number of rotatable bonds is 7. The maximum absolute atomic E-state index is 14.2. The van der Waals surface area contributed by atoms with Crippen LogP contribution in [0.15, 0.2) is 0 Å². The average Bonchev–Trinajstić information content (AvgIpc) is 3.38. The third kappa shape index (κ3) is 6.80. The number of ether oxygens (including phenoxy) is 8. The third-order valence-electron chi connectivity index (χ3n) is 12.8. The van der Waals surface area contributed by atoms with Crippen LogP contribution in [-0.4, -0.2) is 143 Å². The highest BCUT2D eigenvalue weighted by atomic mass is 16.7. The Morgan fingerprint density at radius 1 is 0.940 bits per heavy atom. The second-order valence-corrected chi connectivity index (χ2v) is 17.1. The molecule has 0 radical (unpaired) electrons. The van der Waals surface area contributed by atoms with Crippen molar-refractivity contribution >= 4 is 5.97 Å². The minimum atomic E-state index is -1.15. The van der Waals surface area contributed by atoms with Gasteiger partial charge in [0.2, 0.25) is 0 Å². The summed E-state index contributed by atoms with van der Waals surface area (Å²) < 4.78 is 51.8. The van der Waals surface area contributed by atoms with E-state index < -0.39 is 102 Å². The lowest BCUT2D eigenvalue weighted by molar-refractivity contribution is -0.391. The number of esters is 1. The van der Waals surface area contributed by atoms with E-state index in [1.807, 2.05) is 60.5 Å².